The van der Waals surface area contributed by atoms with Crippen molar-refractivity contribution in [3.8, 4) is 0 Å². The van der Waals surface area contributed by atoms with Gasteiger partial charge in [0.15, 0.2) is 0 Å². The van der Waals surface area contributed by atoms with Gasteiger partial charge in [-0.05, 0) is 33.6 Å². The SMILES string of the molecule is CC(C)(C)OC(=O)CCNC1CCS(=O)(=O)CC1. The van der Waals surface area contributed by atoms with Crippen LogP contribution in [0.3, 0.4) is 0 Å². The number of ether oxygens (including phenoxy) is 1. The van der Waals surface area contributed by atoms with Crippen LogP contribution in [-0.4, -0.2) is 44.1 Å². The molecule has 18 heavy (non-hydrogen) atoms. The Labute approximate surface area is 109 Å². The molecule has 5 nitrogen and oxygen atoms in total. The van der Waals surface area contributed by atoms with Gasteiger partial charge in [0.05, 0.1) is 17.9 Å². The smallest absolute Gasteiger partial charge is 0.307 e. The Morgan fingerprint density at radius 2 is 1.83 bits per heavy atom. The molecular formula is C12H23NO4S. The van der Waals surface area contributed by atoms with Crippen molar-refractivity contribution in [1.82, 2.24) is 5.32 Å². The van der Waals surface area contributed by atoms with Crippen molar-refractivity contribution < 1.29 is 17.9 Å². The van der Waals surface area contributed by atoms with Gasteiger partial charge in [-0.15, -0.1) is 0 Å². The lowest BCUT2D eigenvalue weighted by atomic mass is 10.1. The number of rotatable bonds is 4. The van der Waals surface area contributed by atoms with Gasteiger partial charge in [-0.25, -0.2) is 8.42 Å². The van der Waals surface area contributed by atoms with Gasteiger partial charge in [0.1, 0.15) is 15.4 Å². The molecule has 1 rings (SSSR count). The van der Waals surface area contributed by atoms with E-state index in [1.165, 1.54) is 0 Å². The van der Waals surface area contributed by atoms with Crippen LogP contribution in [0.2, 0.25) is 0 Å². The zero-order chi connectivity index (χ0) is 13.8. The van der Waals surface area contributed by atoms with Gasteiger partial charge in [-0.2, -0.15) is 0 Å². The first-order chi connectivity index (χ1) is 8.18. The van der Waals surface area contributed by atoms with Gasteiger partial charge in [-0.1, -0.05) is 0 Å². The summed E-state index contributed by atoms with van der Waals surface area (Å²) in [5, 5.41) is 3.21. The normalized spacial score (nSPS) is 20.6. The average Bonchev–Trinajstić information content (AvgIpc) is 2.18. The highest BCUT2D eigenvalue weighted by Gasteiger charge is 2.23. The predicted molar refractivity (Wildman–Crippen MR) is 70.1 cm³/mol. The molecule has 106 valence electrons. The molecule has 0 unspecified atom stereocenters. The summed E-state index contributed by atoms with van der Waals surface area (Å²) in [5.41, 5.74) is -0.448. The van der Waals surface area contributed by atoms with E-state index in [1.807, 2.05) is 20.8 Å². The zero-order valence-corrected chi connectivity index (χ0v) is 12.2. The highest BCUT2D eigenvalue weighted by Crippen LogP contribution is 2.12. The van der Waals surface area contributed by atoms with Crippen molar-refractivity contribution in [1.29, 1.82) is 0 Å². The van der Waals surface area contributed by atoms with Crippen LogP contribution < -0.4 is 5.32 Å². The molecule has 1 heterocycles. The molecule has 0 radical (unpaired) electrons. The lowest BCUT2D eigenvalue weighted by Crippen LogP contribution is -2.38. The van der Waals surface area contributed by atoms with Crippen LogP contribution in [0.25, 0.3) is 0 Å². The van der Waals surface area contributed by atoms with E-state index < -0.39 is 15.4 Å². The quantitative estimate of drug-likeness (QED) is 0.772. The highest BCUT2D eigenvalue weighted by molar-refractivity contribution is 7.91. The summed E-state index contributed by atoms with van der Waals surface area (Å²) in [4.78, 5) is 11.4. The monoisotopic (exact) mass is 277 g/mol. The summed E-state index contributed by atoms with van der Waals surface area (Å²) in [6.45, 7) is 6.05. The summed E-state index contributed by atoms with van der Waals surface area (Å²) >= 11 is 0. The third kappa shape index (κ3) is 6.35. The Balaban J connectivity index is 2.17. The number of esters is 1. The van der Waals surface area contributed by atoms with Crippen molar-refractivity contribution in [2.45, 2.75) is 51.7 Å². The molecule has 0 amide bonds. The Morgan fingerprint density at radius 3 is 2.33 bits per heavy atom. The minimum Gasteiger partial charge on any atom is -0.460 e. The largest absolute Gasteiger partial charge is 0.460 e. The molecule has 1 aliphatic rings. The molecule has 0 saturated carbocycles. The second-order valence-electron chi connectivity index (χ2n) is 5.72. The topological polar surface area (TPSA) is 72.5 Å². The van der Waals surface area contributed by atoms with Crippen molar-refractivity contribution in [3.05, 3.63) is 0 Å². The molecule has 1 N–H and O–H groups in total. The first-order valence-electron chi connectivity index (χ1n) is 6.34. The van der Waals surface area contributed by atoms with Gasteiger partial charge in [0.25, 0.3) is 0 Å². The molecule has 0 bridgehead atoms. The van der Waals surface area contributed by atoms with Crippen LogP contribution in [-0.2, 0) is 19.4 Å². The van der Waals surface area contributed by atoms with Gasteiger partial charge in [0.2, 0.25) is 0 Å². The van der Waals surface area contributed by atoms with Crippen molar-refractivity contribution >= 4 is 15.8 Å². The van der Waals surface area contributed by atoms with E-state index >= 15 is 0 Å². The Kier molecular flexibility index (Phi) is 5.16. The number of carbonyl (C=O) groups is 1. The molecule has 0 spiro atoms. The first-order valence-corrected chi connectivity index (χ1v) is 8.16. The van der Waals surface area contributed by atoms with Crippen LogP contribution in [0.4, 0.5) is 0 Å². The maximum Gasteiger partial charge on any atom is 0.307 e. The maximum absolute atomic E-state index is 11.4. The maximum atomic E-state index is 11.4. The third-order valence-corrected chi connectivity index (χ3v) is 4.45. The van der Waals surface area contributed by atoms with Crippen LogP contribution in [0.5, 0.6) is 0 Å². The Morgan fingerprint density at radius 1 is 1.28 bits per heavy atom. The highest BCUT2D eigenvalue weighted by atomic mass is 32.2. The number of hydrogen-bond donors (Lipinski definition) is 1. The minimum atomic E-state index is -2.81. The molecule has 0 aliphatic carbocycles. The molecule has 0 aromatic heterocycles. The summed E-state index contributed by atoms with van der Waals surface area (Å²) < 4.78 is 27.7. The fourth-order valence-corrected chi connectivity index (χ4v) is 3.36. The van der Waals surface area contributed by atoms with Crippen LogP contribution in [0, 0.1) is 0 Å². The van der Waals surface area contributed by atoms with Crippen molar-refractivity contribution in [3.63, 3.8) is 0 Å². The predicted octanol–water partition coefficient (Wildman–Crippen LogP) is 0.885. The summed E-state index contributed by atoms with van der Waals surface area (Å²) in [7, 11) is -2.81. The fourth-order valence-electron chi connectivity index (χ4n) is 1.87. The van der Waals surface area contributed by atoms with E-state index in [-0.39, 0.29) is 23.5 Å². The second kappa shape index (κ2) is 6.02. The molecule has 0 atom stereocenters. The second-order valence-corrected chi connectivity index (χ2v) is 8.02. The molecule has 6 heteroatoms. The average molecular weight is 277 g/mol. The van der Waals surface area contributed by atoms with Gasteiger partial charge in [-0.3, -0.25) is 4.79 Å². The number of nitrogens with one attached hydrogen (secondary N) is 1. The van der Waals surface area contributed by atoms with Gasteiger partial charge in [0, 0.05) is 12.6 Å². The zero-order valence-electron chi connectivity index (χ0n) is 11.4. The molecule has 1 aliphatic heterocycles. The molecule has 0 aromatic rings. The van der Waals surface area contributed by atoms with E-state index in [0.29, 0.717) is 25.8 Å². The molecule has 1 fully saturated rings. The number of hydrogen-bond acceptors (Lipinski definition) is 5. The lowest BCUT2D eigenvalue weighted by Gasteiger charge is -2.23. The standard InChI is InChI=1S/C12H23NO4S/c1-12(2,3)17-11(14)4-7-13-10-5-8-18(15,16)9-6-10/h10,13H,4-9H2,1-3H3. The lowest BCUT2D eigenvalue weighted by molar-refractivity contribution is -0.154. The van der Waals surface area contributed by atoms with Crippen LogP contribution >= 0.6 is 0 Å². The summed E-state index contributed by atoms with van der Waals surface area (Å²) in [6, 6.07) is 0.205. The number of carbonyl (C=O) groups excluding carboxylic acids is 1. The van der Waals surface area contributed by atoms with Crippen LogP contribution in [0.1, 0.15) is 40.0 Å². The van der Waals surface area contributed by atoms with Crippen LogP contribution in [0.15, 0.2) is 0 Å². The van der Waals surface area contributed by atoms with E-state index in [1.54, 1.807) is 0 Å². The van der Waals surface area contributed by atoms with Crippen molar-refractivity contribution in [2.75, 3.05) is 18.1 Å². The number of sulfone groups is 1. The summed E-state index contributed by atoms with van der Waals surface area (Å²) in [5.74, 6) is 0.271. The minimum absolute atomic E-state index is 0.205. The van der Waals surface area contributed by atoms with E-state index in [0.717, 1.165) is 0 Å². The van der Waals surface area contributed by atoms with Gasteiger partial charge < -0.3 is 10.1 Å². The Bertz CT molecular complexity index is 369. The van der Waals surface area contributed by atoms with Gasteiger partial charge >= 0.3 is 5.97 Å². The van der Waals surface area contributed by atoms with E-state index in [4.69, 9.17) is 4.74 Å². The fraction of sp³-hybridized carbons (Fsp3) is 0.917. The molecular weight excluding hydrogens is 254 g/mol. The van der Waals surface area contributed by atoms with Crippen molar-refractivity contribution in [2.24, 2.45) is 0 Å². The first kappa shape index (κ1) is 15.4. The third-order valence-electron chi connectivity index (χ3n) is 2.74. The molecule has 0 aromatic carbocycles. The Hall–Kier alpha value is -0.620. The van der Waals surface area contributed by atoms with E-state index in [9.17, 15) is 13.2 Å². The van der Waals surface area contributed by atoms with E-state index in [2.05, 4.69) is 5.32 Å². The molecule has 1 saturated heterocycles. The summed E-state index contributed by atoms with van der Waals surface area (Å²) in [6.07, 6.45) is 1.59.